The molecule has 0 saturated heterocycles. The minimum Gasteiger partial charge on any atom is -0.491 e. The van der Waals surface area contributed by atoms with Crippen molar-refractivity contribution in [2.24, 2.45) is 5.73 Å². The van der Waals surface area contributed by atoms with Crippen LogP contribution < -0.4 is 10.5 Å². The molecule has 96 valence electrons. The van der Waals surface area contributed by atoms with Gasteiger partial charge in [-0.15, -0.1) is 0 Å². The van der Waals surface area contributed by atoms with Crippen molar-refractivity contribution in [3.63, 3.8) is 0 Å². The number of hydrogen-bond acceptors (Lipinski definition) is 3. The van der Waals surface area contributed by atoms with Gasteiger partial charge in [0.15, 0.2) is 0 Å². The van der Waals surface area contributed by atoms with Crippen LogP contribution in [0.4, 0.5) is 13.2 Å². The van der Waals surface area contributed by atoms with Crippen LogP contribution in [0.5, 0.6) is 5.75 Å². The Hall–Kier alpha value is -1.27. The first-order chi connectivity index (χ1) is 7.97. The molecule has 0 radical (unpaired) electrons. The fourth-order valence-electron chi connectivity index (χ4n) is 1.18. The Morgan fingerprint density at radius 3 is 2.59 bits per heavy atom. The Labute approximate surface area is 97.3 Å². The minimum absolute atomic E-state index is 0.119. The van der Waals surface area contributed by atoms with E-state index in [4.69, 9.17) is 15.2 Å². The molecule has 0 bridgehead atoms. The molecule has 1 unspecified atom stereocenters. The van der Waals surface area contributed by atoms with Crippen molar-refractivity contribution in [3.8, 4) is 5.75 Å². The van der Waals surface area contributed by atoms with Crippen LogP contribution in [0.25, 0.3) is 0 Å². The van der Waals surface area contributed by atoms with E-state index < -0.39 is 11.7 Å². The lowest BCUT2D eigenvalue weighted by molar-refractivity contribution is -0.137. The monoisotopic (exact) mass is 249 g/mol. The molecule has 0 spiro atoms. The molecular formula is C11H14F3NO2. The number of nitrogens with two attached hydrogens (primary N) is 1. The largest absolute Gasteiger partial charge is 0.491 e. The van der Waals surface area contributed by atoms with Crippen LogP contribution in [0.3, 0.4) is 0 Å². The van der Waals surface area contributed by atoms with E-state index in [1.807, 2.05) is 0 Å². The van der Waals surface area contributed by atoms with Crippen molar-refractivity contribution < 1.29 is 22.6 Å². The van der Waals surface area contributed by atoms with Gasteiger partial charge in [0.2, 0.25) is 0 Å². The van der Waals surface area contributed by atoms with Crippen molar-refractivity contribution in [2.75, 3.05) is 20.3 Å². The van der Waals surface area contributed by atoms with Crippen molar-refractivity contribution in [1.82, 2.24) is 0 Å². The van der Waals surface area contributed by atoms with Gasteiger partial charge in [-0.3, -0.25) is 0 Å². The quantitative estimate of drug-likeness (QED) is 0.868. The first kappa shape index (κ1) is 13.8. The number of benzene rings is 1. The summed E-state index contributed by atoms with van der Waals surface area (Å²) in [6.07, 6.45) is -4.70. The third-order valence-electron chi connectivity index (χ3n) is 2.19. The summed E-state index contributed by atoms with van der Waals surface area (Å²) in [6.45, 7) is 0.365. The van der Waals surface area contributed by atoms with E-state index in [9.17, 15) is 13.2 Å². The van der Waals surface area contributed by atoms with Crippen molar-refractivity contribution in [2.45, 2.75) is 12.3 Å². The second kappa shape index (κ2) is 5.88. The predicted molar refractivity (Wildman–Crippen MR) is 56.8 cm³/mol. The molecule has 1 atom stereocenters. The van der Waals surface area contributed by atoms with Crippen LogP contribution in [0, 0.1) is 0 Å². The molecule has 1 aromatic rings. The molecule has 0 fully saturated rings. The summed E-state index contributed by atoms with van der Waals surface area (Å²) < 4.78 is 47.3. The van der Waals surface area contributed by atoms with Gasteiger partial charge in [0.1, 0.15) is 18.5 Å². The highest BCUT2D eigenvalue weighted by Gasteiger charge is 2.30. The summed E-state index contributed by atoms with van der Waals surface area (Å²) in [5, 5.41) is 0. The molecule has 0 aliphatic heterocycles. The van der Waals surface area contributed by atoms with Crippen LogP contribution in [0.2, 0.25) is 0 Å². The molecule has 0 aliphatic carbocycles. The zero-order valence-electron chi connectivity index (χ0n) is 9.33. The van der Waals surface area contributed by atoms with Crippen molar-refractivity contribution >= 4 is 0 Å². The fourth-order valence-corrected chi connectivity index (χ4v) is 1.18. The second-order valence-electron chi connectivity index (χ2n) is 3.43. The van der Waals surface area contributed by atoms with Crippen LogP contribution in [0.1, 0.15) is 5.56 Å². The summed E-state index contributed by atoms with van der Waals surface area (Å²) in [7, 11) is 1.47. The minimum atomic E-state index is -4.37. The number of rotatable bonds is 5. The summed E-state index contributed by atoms with van der Waals surface area (Å²) in [5.41, 5.74) is 4.62. The third-order valence-corrected chi connectivity index (χ3v) is 2.19. The van der Waals surface area contributed by atoms with E-state index >= 15 is 0 Å². The zero-order chi connectivity index (χ0) is 12.9. The molecule has 3 nitrogen and oxygen atoms in total. The predicted octanol–water partition coefficient (Wildman–Crippen LogP) is 2.06. The van der Waals surface area contributed by atoms with Gasteiger partial charge >= 0.3 is 6.18 Å². The summed E-state index contributed by atoms with van der Waals surface area (Å²) in [5.74, 6) is 0.148. The molecule has 0 aliphatic rings. The van der Waals surface area contributed by atoms with E-state index in [0.29, 0.717) is 0 Å². The number of alkyl halides is 3. The number of ether oxygens (including phenoxy) is 2. The number of halogens is 3. The first-order valence-electron chi connectivity index (χ1n) is 5.00. The highest BCUT2D eigenvalue weighted by Crippen LogP contribution is 2.31. The van der Waals surface area contributed by atoms with Gasteiger partial charge in [0, 0.05) is 13.7 Å². The Morgan fingerprint density at radius 2 is 2.06 bits per heavy atom. The smallest absolute Gasteiger partial charge is 0.416 e. The molecule has 0 saturated carbocycles. The van der Waals surface area contributed by atoms with E-state index in [1.54, 1.807) is 0 Å². The second-order valence-corrected chi connectivity index (χ2v) is 3.43. The molecule has 0 heterocycles. The maximum atomic E-state index is 12.4. The van der Waals surface area contributed by atoms with E-state index in [0.717, 1.165) is 12.1 Å². The molecule has 0 amide bonds. The zero-order valence-corrected chi connectivity index (χ0v) is 9.33. The highest BCUT2D eigenvalue weighted by atomic mass is 19.4. The molecule has 17 heavy (non-hydrogen) atoms. The molecule has 1 rings (SSSR count). The third kappa shape index (κ3) is 4.24. The van der Waals surface area contributed by atoms with E-state index in [-0.39, 0.29) is 25.0 Å². The summed E-state index contributed by atoms with van der Waals surface area (Å²) >= 11 is 0. The lowest BCUT2D eigenvalue weighted by Gasteiger charge is -2.15. The maximum absolute atomic E-state index is 12.4. The topological polar surface area (TPSA) is 44.5 Å². The Kier molecular flexibility index (Phi) is 4.77. The van der Waals surface area contributed by atoms with Crippen molar-refractivity contribution in [1.29, 1.82) is 0 Å². The Morgan fingerprint density at radius 1 is 1.35 bits per heavy atom. The van der Waals surface area contributed by atoms with Gasteiger partial charge in [-0.2, -0.15) is 13.2 Å². The van der Waals surface area contributed by atoms with Gasteiger partial charge in [0.25, 0.3) is 0 Å². The molecule has 2 N–H and O–H groups in total. The standard InChI is InChI=1S/C11H14F3NO2/c1-16-10(6-15)7-17-9-4-2-3-8(5-9)11(12,13)14/h2-5,10H,6-7,15H2,1H3. The average Bonchev–Trinajstić information content (AvgIpc) is 2.30. The van der Waals surface area contributed by atoms with Gasteiger partial charge in [-0.1, -0.05) is 6.07 Å². The molecular weight excluding hydrogens is 235 g/mol. The normalized spacial score (nSPS) is 13.5. The van der Waals surface area contributed by atoms with Gasteiger partial charge in [-0.25, -0.2) is 0 Å². The SMILES string of the molecule is COC(CN)COc1cccc(C(F)(F)F)c1. The van der Waals surface area contributed by atoms with Gasteiger partial charge < -0.3 is 15.2 Å². The van der Waals surface area contributed by atoms with Crippen molar-refractivity contribution in [3.05, 3.63) is 29.8 Å². The fraction of sp³-hybridized carbons (Fsp3) is 0.455. The van der Waals surface area contributed by atoms with E-state index in [2.05, 4.69) is 0 Å². The van der Waals surface area contributed by atoms with E-state index in [1.165, 1.54) is 19.2 Å². The van der Waals surface area contributed by atoms with Crippen LogP contribution in [-0.2, 0) is 10.9 Å². The Balaban J connectivity index is 2.66. The molecule has 1 aromatic carbocycles. The Bertz CT molecular complexity index is 351. The van der Waals surface area contributed by atoms with Gasteiger partial charge in [-0.05, 0) is 18.2 Å². The first-order valence-corrected chi connectivity index (χ1v) is 5.00. The lowest BCUT2D eigenvalue weighted by Crippen LogP contribution is -2.28. The van der Waals surface area contributed by atoms with Crippen LogP contribution in [0.15, 0.2) is 24.3 Å². The summed E-state index contributed by atoms with van der Waals surface area (Å²) in [4.78, 5) is 0. The highest BCUT2D eigenvalue weighted by molar-refractivity contribution is 5.30. The lowest BCUT2D eigenvalue weighted by atomic mass is 10.2. The van der Waals surface area contributed by atoms with Gasteiger partial charge in [0.05, 0.1) is 5.56 Å². The van der Waals surface area contributed by atoms with Crippen LogP contribution >= 0.6 is 0 Å². The number of methoxy groups -OCH3 is 1. The molecule has 0 aromatic heterocycles. The van der Waals surface area contributed by atoms with Crippen LogP contribution in [-0.4, -0.2) is 26.4 Å². The maximum Gasteiger partial charge on any atom is 0.416 e. The summed E-state index contributed by atoms with van der Waals surface area (Å²) in [6, 6.07) is 4.69. The number of hydrogen-bond donors (Lipinski definition) is 1. The molecule has 6 heteroatoms. The average molecular weight is 249 g/mol.